The number of phenolic OH excluding ortho intramolecular Hbond substituents is 2. The molecule has 0 saturated carbocycles. The lowest BCUT2D eigenvalue weighted by molar-refractivity contribution is 0.0692. The zero-order valence-corrected chi connectivity index (χ0v) is 10.8. The van der Waals surface area contributed by atoms with Crippen LogP contribution in [0.3, 0.4) is 0 Å². The van der Waals surface area contributed by atoms with E-state index < -0.39 is 45.7 Å². The number of carbonyl (C=O) groups is 3. The molecule has 22 heavy (non-hydrogen) atoms. The molecule has 7 nitrogen and oxygen atoms in total. The second kappa shape index (κ2) is 4.32. The molecule has 110 valence electrons. The first-order chi connectivity index (χ1) is 10.3. The number of aromatic hydroxyl groups is 3. The van der Waals surface area contributed by atoms with Gasteiger partial charge >= 0.3 is 5.97 Å². The highest BCUT2D eigenvalue weighted by Gasteiger charge is 2.36. The van der Waals surface area contributed by atoms with E-state index in [2.05, 4.69) is 0 Å². The topological polar surface area (TPSA) is 132 Å². The summed E-state index contributed by atoms with van der Waals surface area (Å²) in [5.74, 6) is -4.98. The molecular weight excluding hydrogens is 292 g/mol. The monoisotopic (exact) mass is 300 g/mol. The van der Waals surface area contributed by atoms with E-state index >= 15 is 0 Å². The minimum absolute atomic E-state index is 0.0902. The quantitative estimate of drug-likeness (QED) is 0.497. The van der Waals surface area contributed by atoms with Crippen LogP contribution in [0.15, 0.2) is 24.3 Å². The largest absolute Gasteiger partial charge is 0.508 e. The number of hydrogen-bond acceptors (Lipinski definition) is 6. The second-order valence-electron chi connectivity index (χ2n) is 4.74. The molecule has 0 amide bonds. The Labute approximate surface area is 122 Å². The van der Waals surface area contributed by atoms with E-state index in [1.165, 1.54) is 12.1 Å². The van der Waals surface area contributed by atoms with Crippen molar-refractivity contribution in [2.45, 2.75) is 0 Å². The molecule has 0 heterocycles. The molecule has 3 rings (SSSR count). The fourth-order valence-electron chi connectivity index (χ4n) is 2.46. The van der Waals surface area contributed by atoms with Crippen molar-refractivity contribution < 1.29 is 34.8 Å². The molecule has 1 aliphatic carbocycles. The number of carboxylic acid groups (broad SMARTS) is 1. The van der Waals surface area contributed by atoms with Gasteiger partial charge in [0.15, 0.2) is 11.6 Å². The van der Waals surface area contributed by atoms with Gasteiger partial charge in [0.2, 0.25) is 0 Å². The van der Waals surface area contributed by atoms with E-state index in [9.17, 15) is 29.7 Å². The number of fused-ring (bicyclic) bond motifs is 2. The van der Waals surface area contributed by atoms with E-state index in [1.807, 2.05) is 0 Å². The molecule has 0 radical (unpaired) electrons. The third-order valence-corrected chi connectivity index (χ3v) is 3.46. The number of phenols is 3. The standard InChI is InChI=1S/C15H8O7/c16-5-1-2-6-7(3-5)13(19)10-9(17)4-8(15(21)22)14(20)11(10)12(6)18/h1-4,16-17,20H,(H,21,22). The lowest BCUT2D eigenvalue weighted by Gasteiger charge is -2.20. The van der Waals surface area contributed by atoms with Gasteiger partial charge in [0, 0.05) is 11.1 Å². The number of carbonyl (C=O) groups excluding carboxylic acids is 2. The molecule has 2 aromatic rings. The Kier molecular flexibility index (Phi) is 2.68. The molecule has 0 saturated heterocycles. The number of benzene rings is 2. The molecule has 2 aromatic carbocycles. The van der Waals surface area contributed by atoms with Crippen molar-refractivity contribution in [3.05, 3.63) is 52.1 Å². The number of carboxylic acids is 1. The molecule has 0 atom stereocenters. The van der Waals surface area contributed by atoms with Gasteiger partial charge in [0.05, 0.1) is 11.1 Å². The average molecular weight is 300 g/mol. The van der Waals surface area contributed by atoms with Crippen LogP contribution in [-0.2, 0) is 0 Å². The van der Waals surface area contributed by atoms with E-state index in [0.29, 0.717) is 6.07 Å². The Bertz CT molecular complexity index is 880. The minimum atomic E-state index is -1.55. The second-order valence-corrected chi connectivity index (χ2v) is 4.74. The van der Waals surface area contributed by atoms with E-state index in [4.69, 9.17) is 5.11 Å². The summed E-state index contributed by atoms with van der Waals surface area (Å²) in [6.07, 6.45) is 0. The van der Waals surface area contributed by atoms with Crippen LogP contribution in [0.4, 0.5) is 0 Å². The van der Waals surface area contributed by atoms with Gasteiger partial charge in [-0.2, -0.15) is 0 Å². The predicted octanol–water partition coefficient (Wildman–Crippen LogP) is 1.28. The summed E-state index contributed by atoms with van der Waals surface area (Å²) in [6.45, 7) is 0. The number of ketones is 2. The van der Waals surface area contributed by atoms with Crippen molar-refractivity contribution in [3.8, 4) is 17.2 Å². The fraction of sp³-hybridized carbons (Fsp3) is 0. The highest BCUT2D eigenvalue weighted by atomic mass is 16.4. The van der Waals surface area contributed by atoms with Crippen molar-refractivity contribution in [1.82, 2.24) is 0 Å². The van der Waals surface area contributed by atoms with E-state index in [0.717, 1.165) is 6.07 Å². The molecular formula is C15H8O7. The van der Waals surface area contributed by atoms with Crippen molar-refractivity contribution in [1.29, 1.82) is 0 Å². The fourth-order valence-corrected chi connectivity index (χ4v) is 2.46. The van der Waals surface area contributed by atoms with Crippen molar-refractivity contribution in [2.24, 2.45) is 0 Å². The Morgan fingerprint density at radius 1 is 0.864 bits per heavy atom. The molecule has 0 aromatic heterocycles. The van der Waals surface area contributed by atoms with Gasteiger partial charge in [-0.05, 0) is 24.3 Å². The van der Waals surface area contributed by atoms with E-state index in [1.54, 1.807) is 0 Å². The first-order valence-corrected chi connectivity index (χ1v) is 6.07. The van der Waals surface area contributed by atoms with Crippen LogP contribution in [0.25, 0.3) is 0 Å². The van der Waals surface area contributed by atoms with Crippen LogP contribution in [0.2, 0.25) is 0 Å². The SMILES string of the molecule is O=C(O)c1cc(O)c2c(c1O)C(=O)c1ccc(O)cc1C2=O. The Morgan fingerprint density at radius 3 is 2.14 bits per heavy atom. The highest BCUT2D eigenvalue weighted by molar-refractivity contribution is 6.31. The highest BCUT2D eigenvalue weighted by Crippen LogP contribution is 2.40. The Hall–Kier alpha value is -3.35. The minimum Gasteiger partial charge on any atom is -0.508 e. The molecule has 7 heteroatoms. The Morgan fingerprint density at radius 2 is 1.50 bits per heavy atom. The summed E-state index contributed by atoms with van der Waals surface area (Å²) in [7, 11) is 0. The third kappa shape index (κ3) is 1.65. The van der Waals surface area contributed by atoms with Gasteiger partial charge in [-0.1, -0.05) is 0 Å². The maximum atomic E-state index is 12.4. The van der Waals surface area contributed by atoms with Crippen molar-refractivity contribution >= 4 is 17.5 Å². The van der Waals surface area contributed by atoms with Gasteiger partial charge in [0.1, 0.15) is 22.8 Å². The van der Waals surface area contributed by atoms with Crippen LogP contribution in [0, 0.1) is 0 Å². The number of hydrogen-bond donors (Lipinski definition) is 4. The summed E-state index contributed by atoms with van der Waals surface area (Å²) in [4.78, 5) is 35.8. The molecule has 1 aliphatic rings. The summed E-state index contributed by atoms with van der Waals surface area (Å²) in [6, 6.07) is 4.15. The molecule has 0 spiro atoms. The van der Waals surface area contributed by atoms with Gasteiger partial charge < -0.3 is 20.4 Å². The summed E-state index contributed by atoms with van der Waals surface area (Å²) in [5.41, 5.74) is -1.94. The van der Waals surface area contributed by atoms with Gasteiger partial charge in [0.25, 0.3) is 0 Å². The maximum absolute atomic E-state index is 12.4. The van der Waals surface area contributed by atoms with Gasteiger partial charge in [-0.15, -0.1) is 0 Å². The molecule has 0 aliphatic heterocycles. The third-order valence-electron chi connectivity index (χ3n) is 3.46. The van der Waals surface area contributed by atoms with Crippen LogP contribution in [0.1, 0.15) is 42.2 Å². The maximum Gasteiger partial charge on any atom is 0.339 e. The van der Waals surface area contributed by atoms with Gasteiger partial charge in [-0.25, -0.2) is 4.79 Å². The van der Waals surface area contributed by atoms with Crippen molar-refractivity contribution in [2.75, 3.05) is 0 Å². The molecule has 4 N–H and O–H groups in total. The Balaban J connectivity index is 2.39. The first kappa shape index (κ1) is 13.6. The lowest BCUT2D eigenvalue weighted by Crippen LogP contribution is -2.22. The molecule has 0 unspecified atom stereocenters. The predicted molar refractivity (Wildman–Crippen MR) is 71.7 cm³/mol. The van der Waals surface area contributed by atoms with Crippen LogP contribution in [-0.4, -0.2) is 38.0 Å². The van der Waals surface area contributed by atoms with Crippen LogP contribution in [0.5, 0.6) is 17.2 Å². The van der Waals surface area contributed by atoms with E-state index in [-0.39, 0.29) is 16.9 Å². The van der Waals surface area contributed by atoms with Gasteiger partial charge in [-0.3, -0.25) is 9.59 Å². The number of rotatable bonds is 1. The normalized spacial score (nSPS) is 12.7. The summed E-state index contributed by atoms with van der Waals surface area (Å²) >= 11 is 0. The summed E-state index contributed by atoms with van der Waals surface area (Å²) < 4.78 is 0. The molecule has 0 bridgehead atoms. The average Bonchev–Trinajstić information content (AvgIpc) is 2.46. The first-order valence-electron chi connectivity index (χ1n) is 6.07. The lowest BCUT2D eigenvalue weighted by atomic mass is 9.82. The molecule has 0 fully saturated rings. The zero-order chi connectivity index (χ0) is 16.2. The van der Waals surface area contributed by atoms with Crippen LogP contribution < -0.4 is 0 Å². The zero-order valence-electron chi connectivity index (χ0n) is 10.8. The number of aromatic carboxylic acids is 1. The summed E-state index contributed by atoms with van der Waals surface area (Å²) in [5, 5.41) is 38.3. The van der Waals surface area contributed by atoms with Crippen LogP contribution >= 0.6 is 0 Å². The van der Waals surface area contributed by atoms with Crippen molar-refractivity contribution in [3.63, 3.8) is 0 Å². The smallest absolute Gasteiger partial charge is 0.339 e.